The molecule has 0 saturated heterocycles. The fraction of sp³-hybridized carbons (Fsp3) is 0.458. The summed E-state index contributed by atoms with van der Waals surface area (Å²) in [5, 5.41) is 0. The van der Waals surface area contributed by atoms with Gasteiger partial charge >= 0.3 is 0 Å². The van der Waals surface area contributed by atoms with Gasteiger partial charge < -0.3 is 0 Å². The highest BCUT2D eigenvalue weighted by molar-refractivity contribution is 6.76. The van der Waals surface area contributed by atoms with Crippen molar-refractivity contribution in [3.63, 3.8) is 0 Å². The van der Waals surface area contributed by atoms with Gasteiger partial charge in [0.1, 0.15) is 0 Å². The van der Waals surface area contributed by atoms with Gasteiger partial charge in [-0.3, -0.25) is 4.79 Å². The van der Waals surface area contributed by atoms with Gasteiger partial charge in [0, 0.05) is 19.9 Å². The minimum atomic E-state index is -1.04. The van der Waals surface area contributed by atoms with Gasteiger partial charge in [-0.1, -0.05) is 80.4 Å². The van der Waals surface area contributed by atoms with Crippen LogP contribution in [0.3, 0.4) is 0 Å². The SMILES string of the molecule is C[Si](C)(C)C/C=C/[C@@H]1C[C@H]2C=C[C@@H](c3ccccc3)[C@@H]3C(=O)C=C[C@H]1[C@@H]32. The van der Waals surface area contributed by atoms with Crippen LogP contribution in [0.4, 0.5) is 0 Å². The molecule has 0 heterocycles. The monoisotopic (exact) mass is 362 g/mol. The third-order valence-corrected chi connectivity index (χ3v) is 7.91. The molecule has 3 aliphatic carbocycles. The van der Waals surface area contributed by atoms with Crippen molar-refractivity contribution in [1.29, 1.82) is 0 Å². The molecule has 0 aliphatic heterocycles. The molecule has 0 aromatic heterocycles. The number of hydrogen-bond acceptors (Lipinski definition) is 1. The maximum absolute atomic E-state index is 12.9. The minimum absolute atomic E-state index is 0.123. The molecule has 0 amide bonds. The van der Waals surface area contributed by atoms with Crippen LogP contribution in [0.15, 0.2) is 66.8 Å². The van der Waals surface area contributed by atoms with Crippen molar-refractivity contribution in [3.05, 3.63) is 72.4 Å². The average molecular weight is 363 g/mol. The Labute approximate surface area is 158 Å². The van der Waals surface area contributed by atoms with Crippen molar-refractivity contribution in [1.82, 2.24) is 0 Å². The van der Waals surface area contributed by atoms with E-state index in [-0.39, 0.29) is 11.8 Å². The Balaban J connectivity index is 1.61. The first-order valence-electron chi connectivity index (χ1n) is 10.1. The van der Waals surface area contributed by atoms with E-state index in [1.165, 1.54) is 18.0 Å². The lowest BCUT2D eigenvalue weighted by Crippen LogP contribution is -2.38. The van der Waals surface area contributed by atoms with Crippen LogP contribution in [0.25, 0.3) is 0 Å². The molecule has 2 heteroatoms. The highest BCUT2D eigenvalue weighted by Crippen LogP contribution is 2.55. The van der Waals surface area contributed by atoms with Crippen LogP contribution < -0.4 is 0 Å². The Morgan fingerprint density at radius 2 is 1.85 bits per heavy atom. The summed E-state index contributed by atoms with van der Waals surface area (Å²) in [5.41, 5.74) is 1.28. The molecule has 0 N–H and O–H groups in total. The lowest BCUT2D eigenvalue weighted by molar-refractivity contribution is -0.122. The first-order chi connectivity index (χ1) is 12.4. The van der Waals surface area contributed by atoms with E-state index in [0.29, 0.717) is 29.5 Å². The Hall–Kier alpha value is -1.67. The summed E-state index contributed by atoms with van der Waals surface area (Å²) in [6.45, 7) is 7.27. The van der Waals surface area contributed by atoms with E-state index < -0.39 is 8.07 Å². The van der Waals surface area contributed by atoms with Gasteiger partial charge in [0.05, 0.1) is 0 Å². The predicted molar refractivity (Wildman–Crippen MR) is 112 cm³/mol. The van der Waals surface area contributed by atoms with Gasteiger partial charge in [-0.2, -0.15) is 0 Å². The molecular formula is C24H30OSi. The quantitative estimate of drug-likeness (QED) is 0.484. The Bertz CT molecular complexity index is 752. The molecular weight excluding hydrogens is 332 g/mol. The molecule has 0 bridgehead atoms. The van der Waals surface area contributed by atoms with Crippen LogP contribution in [0.2, 0.25) is 25.7 Å². The molecule has 3 aliphatic rings. The number of allylic oxidation sites excluding steroid dienone is 6. The molecule has 0 spiro atoms. The molecule has 1 nitrogen and oxygen atoms in total. The van der Waals surface area contributed by atoms with Crippen LogP contribution in [-0.4, -0.2) is 13.9 Å². The summed E-state index contributed by atoms with van der Waals surface area (Å²) in [5.74, 6) is 2.84. The Kier molecular flexibility index (Phi) is 4.64. The Morgan fingerprint density at radius 3 is 2.58 bits per heavy atom. The summed E-state index contributed by atoms with van der Waals surface area (Å²) < 4.78 is 0. The van der Waals surface area contributed by atoms with E-state index in [1.54, 1.807) is 0 Å². The van der Waals surface area contributed by atoms with E-state index in [4.69, 9.17) is 0 Å². The minimum Gasteiger partial charge on any atom is -0.295 e. The molecule has 1 fully saturated rings. The molecule has 1 saturated carbocycles. The van der Waals surface area contributed by atoms with E-state index in [2.05, 4.69) is 80.4 Å². The van der Waals surface area contributed by atoms with Crippen molar-refractivity contribution in [2.24, 2.45) is 29.6 Å². The summed E-state index contributed by atoms with van der Waals surface area (Å²) >= 11 is 0. The smallest absolute Gasteiger partial charge is 0.159 e. The first-order valence-corrected chi connectivity index (χ1v) is 13.8. The largest absolute Gasteiger partial charge is 0.295 e. The van der Waals surface area contributed by atoms with Crippen LogP contribution in [0.1, 0.15) is 17.9 Å². The highest BCUT2D eigenvalue weighted by Gasteiger charge is 2.51. The van der Waals surface area contributed by atoms with E-state index in [0.717, 1.165) is 0 Å². The fourth-order valence-corrected chi connectivity index (χ4v) is 6.13. The summed E-state index contributed by atoms with van der Waals surface area (Å²) in [4.78, 5) is 12.9. The van der Waals surface area contributed by atoms with E-state index in [1.807, 2.05) is 6.08 Å². The van der Waals surface area contributed by atoms with Gasteiger partial charge in [-0.25, -0.2) is 0 Å². The second kappa shape index (κ2) is 6.81. The summed E-state index contributed by atoms with van der Waals surface area (Å²) in [6, 6.07) is 11.8. The second-order valence-corrected chi connectivity index (χ2v) is 15.0. The van der Waals surface area contributed by atoms with Crippen molar-refractivity contribution in [2.45, 2.75) is 38.0 Å². The maximum atomic E-state index is 12.9. The normalized spacial score (nSPS) is 35.9. The highest BCUT2D eigenvalue weighted by atomic mass is 28.3. The van der Waals surface area contributed by atoms with Gasteiger partial charge in [0.2, 0.25) is 0 Å². The molecule has 4 rings (SSSR count). The summed E-state index contributed by atoms with van der Waals surface area (Å²) in [7, 11) is -1.04. The van der Waals surface area contributed by atoms with Crippen LogP contribution in [0, 0.1) is 29.6 Å². The topological polar surface area (TPSA) is 17.1 Å². The van der Waals surface area contributed by atoms with Crippen LogP contribution in [0.5, 0.6) is 0 Å². The standard InChI is InChI=1S/C24H30OSi/c1-26(2,3)15-7-10-18-16-19-11-12-20(17-8-5-4-6-9-17)24-22(25)14-13-21(18)23(19)24/h4-14,18-21,23-24H,15-16H2,1-3H3/b10-7+/t18-,19-,20+,21-,23+,24-/m1/s1. The maximum Gasteiger partial charge on any atom is 0.159 e. The average Bonchev–Trinajstić information content (AvgIpc) is 2.96. The lowest BCUT2D eigenvalue weighted by atomic mass is 9.63. The number of carbonyl (C=O) groups excluding carboxylic acids is 1. The van der Waals surface area contributed by atoms with Crippen LogP contribution >= 0.6 is 0 Å². The van der Waals surface area contributed by atoms with Crippen molar-refractivity contribution in [2.75, 3.05) is 0 Å². The van der Waals surface area contributed by atoms with Gasteiger partial charge in [-0.15, -0.1) is 0 Å². The number of benzene rings is 1. The predicted octanol–water partition coefficient (Wildman–Crippen LogP) is 5.86. The van der Waals surface area contributed by atoms with Crippen molar-refractivity contribution < 1.29 is 4.79 Å². The van der Waals surface area contributed by atoms with Gasteiger partial charge in [-0.05, 0) is 47.8 Å². The summed E-state index contributed by atoms with van der Waals surface area (Å²) in [6.07, 6.45) is 15.0. The number of hydrogen-bond donors (Lipinski definition) is 0. The Morgan fingerprint density at radius 1 is 1.08 bits per heavy atom. The van der Waals surface area contributed by atoms with E-state index in [9.17, 15) is 4.79 Å². The lowest BCUT2D eigenvalue weighted by Gasteiger charge is -2.40. The molecule has 0 radical (unpaired) electrons. The molecule has 1 aromatic carbocycles. The third-order valence-electron chi connectivity index (χ3n) is 6.45. The van der Waals surface area contributed by atoms with Gasteiger partial charge in [0.25, 0.3) is 0 Å². The third kappa shape index (κ3) is 3.32. The van der Waals surface area contributed by atoms with Gasteiger partial charge in [0.15, 0.2) is 5.78 Å². The zero-order valence-electron chi connectivity index (χ0n) is 16.1. The zero-order valence-corrected chi connectivity index (χ0v) is 17.1. The van der Waals surface area contributed by atoms with Crippen molar-refractivity contribution >= 4 is 13.9 Å². The zero-order chi connectivity index (χ0) is 18.3. The second-order valence-electron chi connectivity index (χ2n) is 9.52. The van der Waals surface area contributed by atoms with Crippen molar-refractivity contribution in [3.8, 4) is 0 Å². The molecule has 6 atom stereocenters. The molecule has 0 unspecified atom stereocenters. The van der Waals surface area contributed by atoms with Crippen LogP contribution in [-0.2, 0) is 4.79 Å². The number of rotatable bonds is 4. The number of carbonyl (C=O) groups is 1. The molecule has 1 aromatic rings. The first kappa shape index (κ1) is 17.7. The van der Waals surface area contributed by atoms with E-state index >= 15 is 0 Å². The molecule has 26 heavy (non-hydrogen) atoms. The fourth-order valence-electron chi connectivity index (χ4n) is 5.29. The number of ketones is 1. The molecule has 136 valence electrons.